The highest BCUT2D eigenvalue weighted by atomic mass is 32.2. The predicted molar refractivity (Wildman–Crippen MR) is 130 cm³/mol. The Labute approximate surface area is 194 Å². The lowest BCUT2D eigenvalue weighted by Crippen LogP contribution is -2.47. The fourth-order valence-electron chi connectivity index (χ4n) is 4.66. The highest BCUT2D eigenvalue weighted by Crippen LogP contribution is 2.30. The van der Waals surface area contributed by atoms with Crippen LogP contribution in [-0.2, 0) is 10.0 Å². The molecule has 2 heterocycles. The summed E-state index contributed by atoms with van der Waals surface area (Å²) in [6, 6.07) is 13.5. The van der Waals surface area contributed by atoms with E-state index in [1.54, 1.807) is 41.3 Å². The lowest BCUT2D eigenvalue weighted by Gasteiger charge is -2.39. The van der Waals surface area contributed by atoms with E-state index in [0.29, 0.717) is 48.6 Å². The van der Waals surface area contributed by atoms with Gasteiger partial charge in [-0.2, -0.15) is 0 Å². The van der Waals surface area contributed by atoms with E-state index >= 15 is 0 Å². The Hall–Kier alpha value is -2.84. The largest absolute Gasteiger partial charge is 0.390 e. The molecular formula is C25H31N3O4S. The smallest absolute Gasteiger partial charge is 0.263 e. The number of aromatic amines is 1. The number of rotatable bonds is 6. The molecule has 1 aliphatic heterocycles. The van der Waals surface area contributed by atoms with E-state index in [0.717, 1.165) is 17.5 Å². The zero-order valence-electron chi connectivity index (χ0n) is 19.3. The minimum Gasteiger partial charge on any atom is -0.390 e. The van der Waals surface area contributed by atoms with Crippen molar-refractivity contribution in [1.29, 1.82) is 0 Å². The molecule has 1 amide bonds. The summed E-state index contributed by atoms with van der Waals surface area (Å²) in [7, 11) is -3.81. The molecule has 3 N–H and O–H groups in total. The second kappa shape index (κ2) is 8.83. The van der Waals surface area contributed by atoms with Crippen LogP contribution in [0.2, 0.25) is 0 Å². The van der Waals surface area contributed by atoms with Crippen LogP contribution in [0.1, 0.15) is 49.2 Å². The highest BCUT2D eigenvalue weighted by molar-refractivity contribution is 7.93. The van der Waals surface area contributed by atoms with Crippen LogP contribution in [0, 0.1) is 12.8 Å². The van der Waals surface area contributed by atoms with E-state index in [1.807, 2.05) is 19.1 Å². The van der Waals surface area contributed by atoms with Gasteiger partial charge in [0.1, 0.15) is 4.90 Å². The molecule has 0 atom stereocenters. The fraction of sp³-hybridized carbons (Fsp3) is 0.400. The summed E-state index contributed by atoms with van der Waals surface area (Å²) < 4.78 is 28.6. The van der Waals surface area contributed by atoms with Crippen molar-refractivity contribution >= 4 is 32.5 Å². The van der Waals surface area contributed by atoms with Gasteiger partial charge >= 0.3 is 0 Å². The van der Waals surface area contributed by atoms with Crippen molar-refractivity contribution < 1.29 is 18.3 Å². The van der Waals surface area contributed by atoms with Crippen molar-refractivity contribution in [3.8, 4) is 0 Å². The van der Waals surface area contributed by atoms with Crippen LogP contribution < -0.4 is 4.72 Å². The number of benzene rings is 2. The van der Waals surface area contributed by atoms with Gasteiger partial charge in [-0.15, -0.1) is 0 Å². The van der Waals surface area contributed by atoms with E-state index in [2.05, 4.69) is 23.6 Å². The summed E-state index contributed by atoms with van der Waals surface area (Å²) in [5, 5.41) is 11.5. The Bertz CT molecular complexity index is 1250. The van der Waals surface area contributed by atoms with Gasteiger partial charge in [-0.25, -0.2) is 8.42 Å². The first-order valence-electron chi connectivity index (χ1n) is 11.3. The number of H-pyrrole nitrogens is 1. The van der Waals surface area contributed by atoms with Crippen LogP contribution in [0.15, 0.2) is 53.4 Å². The monoisotopic (exact) mass is 469 g/mol. The number of amides is 1. The average Bonchev–Trinajstić information content (AvgIpc) is 3.13. The molecule has 1 aromatic heterocycles. The molecule has 1 saturated heterocycles. The van der Waals surface area contributed by atoms with Gasteiger partial charge < -0.3 is 15.0 Å². The van der Waals surface area contributed by atoms with Crippen molar-refractivity contribution in [2.75, 3.05) is 17.8 Å². The van der Waals surface area contributed by atoms with Gasteiger partial charge in [0.05, 0.1) is 11.1 Å². The van der Waals surface area contributed by atoms with Crippen LogP contribution >= 0.6 is 0 Å². The number of para-hydroxylation sites is 1. The summed E-state index contributed by atoms with van der Waals surface area (Å²) in [6.45, 7) is 7.08. The summed E-state index contributed by atoms with van der Waals surface area (Å²) in [4.78, 5) is 17.9. The standard InChI is InChI=1S/C25H31N3O4S/c1-17(2)16-25(30)11-13-28(14-12-25)24(29)19-7-9-21(10-8-19)27-33(31,32)22-6-4-5-20-15-18(3)26-23(20)22/h4-10,15,17,26-27,30H,11-14,16H2,1-3H3. The number of aryl methyl sites for hydroxylation is 1. The Balaban J connectivity index is 1.45. The number of hydrogen-bond acceptors (Lipinski definition) is 4. The minimum absolute atomic E-state index is 0.109. The van der Waals surface area contributed by atoms with E-state index < -0.39 is 15.6 Å². The van der Waals surface area contributed by atoms with Crippen molar-refractivity contribution in [3.63, 3.8) is 0 Å². The van der Waals surface area contributed by atoms with Gasteiger partial charge in [0.25, 0.3) is 15.9 Å². The first kappa shape index (κ1) is 23.3. The number of nitrogens with one attached hydrogen (secondary N) is 2. The maximum atomic E-state index is 13.0. The summed E-state index contributed by atoms with van der Waals surface area (Å²) in [5.74, 6) is 0.296. The number of likely N-dealkylation sites (tertiary alicyclic amines) is 1. The topological polar surface area (TPSA) is 102 Å². The molecule has 0 unspecified atom stereocenters. The molecule has 8 heteroatoms. The number of carbonyl (C=O) groups is 1. The number of aromatic nitrogens is 1. The number of nitrogens with zero attached hydrogens (tertiary/aromatic N) is 1. The minimum atomic E-state index is -3.81. The number of carbonyl (C=O) groups excluding carboxylic acids is 1. The number of fused-ring (bicyclic) bond motifs is 1. The quantitative estimate of drug-likeness (QED) is 0.501. The molecule has 7 nitrogen and oxygen atoms in total. The predicted octanol–water partition coefficient (Wildman–Crippen LogP) is 4.29. The molecule has 0 bridgehead atoms. The number of hydrogen-bond donors (Lipinski definition) is 3. The van der Waals surface area contributed by atoms with Gasteiger partial charge in [0.2, 0.25) is 0 Å². The Morgan fingerprint density at radius 1 is 1.15 bits per heavy atom. The van der Waals surface area contributed by atoms with Crippen molar-refractivity contribution in [3.05, 3.63) is 59.8 Å². The van der Waals surface area contributed by atoms with Crippen molar-refractivity contribution in [2.24, 2.45) is 5.92 Å². The molecule has 1 aliphatic rings. The van der Waals surface area contributed by atoms with Gasteiger partial charge in [-0.05, 0) is 68.5 Å². The molecule has 176 valence electrons. The molecule has 2 aromatic carbocycles. The SMILES string of the molecule is Cc1cc2cccc(S(=O)(=O)Nc3ccc(C(=O)N4CCC(O)(CC(C)C)CC4)cc3)c2[nH]1. The number of aliphatic hydroxyl groups is 1. The van der Waals surface area contributed by atoms with Crippen LogP contribution in [0.25, 0.3) is 10.9 Å². The van der Waals surface area contributed by atoms with E-state index in [4.69, 9.17) is 0 Å². The van der Waals surface area contributed by atoms with Crippen LogP contribution in [0.5, 0.6) is 0 Å². The van der Waals surface area contributed by atoms with Crippen molar-refractivity contribution in [2.45, 2.75) is 50.5 Å². The third-order valence-electron chi connectivity index (χ3n) is 6.20. The van der Waals surface area contributed by atoms with Crippen molar-refractivity contribution in [1.82, 2.24) is 9.88 Å². The molecule has 0 aliphatic carbocycles. The van der Waals surface area contributed by atoms with Gasteiger partial charge in [0.15, 0.2) is 0 Å². The lowest BCUT2D eigenvalue weighted by molar-refractivity contribution is -0.0311. The lowest BCUT2D eigenvalue weighted by atomic mass is 9.84. The maximum absolute atomic E-state index is 13.0. The summed E-state index contributed by atoms with van der Waals surface area (Å²) in [6.07, 6.45) is 1.87. The summed E-state index contributed by atoms with van der Waals surface area (Å²) in [5.41, 5.74) is 1.63. The average molecular weight is 470 g/mol. The third kappa shape index (κ3) is 5.07. The first-order valence-corrected chi connectivity index (χ1v) is 12.8. The zero-order chi connectivity index (χ0) is 23.8. The first-order chi connectivity index (χ1) is 15.6. The fourth-order valence-corrected chi connectivity index (χ4v) is 5.91. The van der Waals surface area contributed by atoms with Crippen LogP contribution in [0.4, 0.5) is 5.69 Å². The molecule has 3 aromatic rings. The van der Waals surface area contributed by atoms with Crippen LogP contribution in [0.3, 0.4) is 0 Å². The zero-order valence-corrected chi connectivity index (χ0v) is 20.1. The summed E-state index contributed by atoms with van der Waals surface area (Å²) >= 11 is 0. The molecule has 0 saturated carbocycles. The molecule has 0 radical (unpaired) electrons. The van der Waals surface area contributed by atoms with Gasteiger partial charge in [-0.3, -0.25) is 9.52 Å². The Morgan fingerprint density at radius 3 is 2.45 bits per heavy atom. The number of sulfonamides is 1. The second-order valence-corrected chi connectivity index (χ2v) is 11.1. The molecular weight excluding hydrogens is 438 g/mol. The number of piperidine rings is 1. The molecule has 1 fully saturated rings. The third-order valence-corrected chi connectivity index (χ3v) is 7.62. The van der Waals surface area contributed by atoms with E-state index in [9.17, 15) is 18.3 Å². The Morgan fingerprint density at radius 2 is 1.82 bits per heavy atom. The van der Waals surface area contributed by atoms with Gasteiger partial charge in [0, 0.05) is 35.4 Å². The number of anilines is 1. The highest BCUT2D eigenvalue weighted by Gasteiger charge is 2.34. The van der Waals surface area contributed by atoms with E-state index in [1.165, 1.54) is 0 Å². The normalized spacial score (nSPS) is 16.3. The molecule has 0 spiro atoms. The van der Waals surface area contributed by atoms with Crippen LogP contribution in [-0.4, -0.2) is 48.0 Å². The molecule has 33 heavy (non-hydrogen) atoms. The van der Waals surface area contributed by atoms with Gasteiger partial charge in [-0.1, -0.05) is 26.0 Å². The second-order valence-electron chi connectivity index (χ2n) is 9.47. The maximum Gasteiger partial charge on any atom is 0.263 e. The Kier molecular flexibility index (Phi) is 6.24. The van der Waals surface area contributed by atoms with E-state index in [-0.39, 0.29) is 10.8 Å². The molecule has 4 rings (SSSR count).